The second-order valence-corrected chi connectivity index (χ2v) is 6.12. The van der Waals surface area contributed by atoms with E-state index in [2.05, 4.69) is 56.1 Å². The molecule has 0 amide bonds. The lowest BCUT2D eigenvalue weighted by Gasteiger charge is -2.08. The van der Waals surface area contributed by atoms with Gasteiger partial charge in [-0.05, 0) is 36.6 Å². The Balaban J connectivity index is 1.64. The van der Waals surface area contributed by atoms with Crippen LogP contribution in [0.2, 0.25) is 0 Å². The molecule has 0 unspecified atom stereocenters. The van der Waals surface area contributed by atoms with Crippen LogP contribution in [0.4, 0.5) is 0 Å². The Morgan fingerprint density at radius 3 is 2.50 bits per heavy atom. The first-order valence-electron chi connectivity index (χ1n) is 7.28. The van der Waals surface area contributed by atoms with Gasteiger partial charge in [0, 0.05) is 18.1 Å². The fourth-order valence-corrected chi connectivity index (χ4v) is 3.20. The van der Waals surface area contributed by atoms with Crippen molar-refractivity contribution in [2.75, 3.05) is 5.75 Å². The predicted octanol–water partition coefficient (Wildman–Crippen LogP) is 3.36. The number of aryl methyl sites for hydroxylation is 2. The fraction of sp³-hybridized carbons (Fsp3) is 0.235. The number of hydrogen-bond acceptors (Lipinski definition) is 4. The molecule has 22 heavy (non-hydrogen) atoms. The van der Waals surface area contributed by atoms with E-state index in [1.807, 2.05) is 25.4 Å². The monoisotopic (exact) mass is 310 g/mol. The van der Waals surface area contributed by atoms with Crippen LogP contribution in [0.15, 0.2) is 60.0 Å². The molecule has 0 radical (unpaired) electrons. The van der Waals surface area contributed by atoms with Crippen molar-refractivity contribution in [2.45, 2.75) is 25.0 Å². The van der Waals surface area contributed by atoms with Gasteiger partial charge in [-0.2, -0.15) is 0 Å². The van der Waals surface area contributed by atoms with E-state index in [0.717, 1.165) is 29.7 Å². The Kier molecular flexibility index (Phi) is 4.85. The molecule has 0 aliphatic rings. The van der Waals surface area contributed by atoms with Gasteiger partial charge in [0.05, 0.1) is 6.54 Å². The van der Waals surface area contributed by atoms with Gasteiger partial charge < -0.3 is 4.57 Å². The van der Waals surface area contributed by atoms with Crippen LogP contribution in [-0.2, 0) is 13.0 Å². The summed E-state index contributed by atoms with van der Waals surface area (Å²) in [6.07, 6.45) is 4.68. The summed E-state index contributed by atoms with van der Waals surface area (Å²) >= 11 is 1.75. The lowest BCUT2D eigenvalue weighted by atomic mass is 10.2. The van der Waals surface area contributed by atoms with Gasteiger partial charge in [-0.1, -0.05) is 42.1 Å². The van der Waals surface area contributed by atoms with Crippen molar-refractivity contribution in [2.24, 2.45) is 0 Å². The molecule has 0 aliphatic heterocycles. The number of thioether (sulfide) groups is 1. The number of benzene rings is 1. The zero-order chi connectivity index (χ0) is 15.2. The smallest absolute Gasteiger partial charge is 0.191 e. The molecule has 0 saturated carbocycles. The average molecular weight is 310 g/mol. The molecule has 0 atom stereocenters. The second-order valence-electron chi connectivity index (χ2n) is 5.06. The van der Waals surface area contributed by atoms with Gasteiger partial charge in [-0.15, -0.1) is 10.2 Å². The summed E-state index contributed by atoms with van der Waals surface area (Å²) in [6.45, 7) is 2.82. The zero-order valence-corrected chi connectivity index (χ0v) is 13.3. The molecule has 2 heterocycles. The van der Waals surface area contributed by atoms with Crippen LogP contribution >= 0.6 is 11.8 Å². The van der Waals surface area contributed by atoms with Crippen molar-refractivity contribution in [3.05, 3.63) is 71.8 Å². The molecular formula is C17H18N4S. The van der Waals surface area contributed by atoms with Gasteiger partial charge >= 0.3 is 0 Å². The maximum Gasteiger partial charge on any atom is 0.191 e. The Morgan fingerprint density at radius 1 is 0.955 bits per heavy atom. The SMILES string of the molecule is Cc1nnc(SCCc2ccncc2)n1Cc1ccccc1. The molecule has 0 N–H and O–H groups in total. The third kappa shape index (κ3) is 3.74. The first-order chi connectivity index (χ1) is 10.8. The minimum atomic E-state index is 0.817. The number of nitrogens with zero attached hydrogens (tertiary/aromatic N) is 4. The highest BCUT2D eigenvalue weighted by atomic mass is 32.2. The Morgan fingerprint density at radius 2 is 1.73 bits per heavy atom. The first kappa shape index (κ1) is 14.8. The molecule has 3 rings (SSSR count). The third-order valence-corrected chi connectivity index (χ3v) is 4.43. The second kappa shape index (κ2) is 7.22. The molecule has 0 bridgehead atoms. The predicted molar refractivity (Wildman–Crippen MR) is 89.0 cm³/mol. The molecule has 4 nitrogen and oxygen atoms in total. The van der Waals surface area contributed by atoms with Crippen LogP contribution in [-0.4, -0.2) is 25.5 Å². The molecule has 112 valence electrons. The largest absolute Gasteiger partial charge is 0.302 e. The molecule has 0 spiro atoms. The van der Waals surface area contributed by atoms with Crippen molar-refractivity contribution < 1.29 is 0 Å². The van der Waals surface area contributed by atoms with E-state index in [1.54, 1.807) is 11.8 Å². The Bertz CT molecular complexity index is 710. The van der Waals surface area contributed by atoms with Gasteiger partial charge in [-0.3, -0.25) is 4.98 Å². The van der Waals surface area contributed by atoms with Crippen LogP contribution in [0.1, 0.15) is 17.0 Å². The maximum absolute atomic E-state index is 4.31. The highest BCUT2D eigenvalue weighted by Crippen LogP contribution is 2.19. The molecule has 1 aromatic carbocycles. The summed E-state index contributed by atoms with van der Waals surface area (Å²) in [6, 6.07) is 14.5. The lowest BCUT2D eigenvalue weighted by molar-refractivity contribution is 0.688. The van der Waals surface area contributed by atoms with Crippen LogP contribution in [0.25, 0.3) is 0 Å². The minimum absolute atomic E-state index is 0.817. The summed E-state index contributed by atoms with van der Waals surface area (Å²) in [5, 5.41) is 9.51. The average Bonchev–Trinajstić information content (AvgIpc) is 2.90. The normalized spacial score (nSPS) is 10.8. The van der Waals surface area contributed by atoms with E-state index in [0.29, 0.717) is 0 Å². The number of hydrogen-bond donors (Lipinski definition) is 0. The van der Waals surface area contributed by atoms with Crippen LogP contribution in [0.3, 0.4) is 0 Å². The van der Waals surface area contributed by atoms with E-state index in [-0.39, 0.29) is 0 Å². The quantitative estimate of drug-likeness (QED) is 0.655. The van der Waals surface area contributed by atoms with Gasteiger partial charge in [0.15, 0.2) is 5.16 Å². The van der Waals surface area contributed by atoms with E-state index >= 15 is 0 Å². The van der Waals surface area contributed by atoms with Crippen LogP contribution in [0, 0.1) is 6.92 Å². The Labute approximate surface area is 134 Å². The van der Waals surface area contributed by atoms with Crippen molar-refractivity contribution in [1.29, 1.82) is 0 Å². The lowest BCUT2D eigenvalue weighted by Crippen LogP contribution is -2.04. The van der Waals surface area contributed by atoms with E-state index in [4.69, 9.17) is 0 Å². The van der Waals surface area contributed by atoms with Crippen molar-refractivity contribution in [1.82, 2.24) is 19.7 Å². The summed E-state index contributed by atoms with van der Waals surface area (Å²) in [7, 11) is 0. The van der Waals surface area contributed by atoms with Gasteiger partial charge in [-0.25, -0.2) is 0 Å². The molecule has 3 aromatic rings. The molecular weight excluding hydrogens is 292 g/mol. The van der Waals surface area contributed by atoms with Crippen molar-refractivity contribution in [3.63, 3.8) is 0 Å². The molecule has 0 aliphatic carbocycles. The van der Waals surface area contributed by atoms with Crippen LogP contribution < -0.4 is 0 Å². The summed E-state index contributed by atoms with van der Waals surface area (Å²) in [5.74, 6) is 1.94. The maximum atomic E-state index is 4.31. The molecule has 2 aromatic heterocycles. The van der Waals surface area contributed by atoms with E-state index in [9.17, 15) is 0 Å². The van der Waals surface area contributed by atoms with Crippen molar-refractivity contribution in [3.8, 4) is 0 Å². The highest BCUT2D eigenvalue weighted by Gasteiger charge is 2.09. The number of aromatic nitrogens is 4. The van der Waals surface area contributed by atoms with E-state index in [1.165, 1.54) is 11.1 Å². The number of rotatable bonds is 6. The summed E-state index contributed by atoms with van der Waals surface area (Å²) < 4.78 is 2.17. The topological polar surface area (TPSA) is 43.6 Å². The van der Waals surface area contributed by atoms with Gasteiger partial charge in [0.1, 0.15) is 5.82 Å². The number of pyridine rings is 1. The molecule has 5 heteroatoms. The first-order valence-corrected chi connectivity index (χ1v) is 8.27. The standard InChI is InChI=1S/C17H18N4S/c1-14-19-20-17(21(14)13-16-5-3-2-4-6-16)22-12-9-15-7-10-18-11-8-15/h2-8,10-11H,9,12-13H2,1H3. The van der Waals surface area contributed by atoms with Crippen molar-refractivity contribution >= 4 is 11.8 Å². The minimum Gasteiger partial charge on any atom is -0.302 e. The molecule has 0 saturated heterocycles. The molecule has 0 fully saturated rings. The highest BCUT2D eigenvalue weighted by molar-refractivity contribution is 7.99. The zero-order valence-electron chi connectivity index (χ0n) is 12.5. The van der Waals surface area contributed by atoms with Gasteiger partial charge in [0.25, 0.3) is 0 Å². The van der Waals surface area contributed by atoms with E-state index < -0.39 is 0 Å². The van der Waals surface area contributed by atoms with Crippen LogP contribution in [0.5, 0.6) is 0 Å². The fourth-order valence-electron chi connectivity index (χ4n) is 2.23. The summed E-state index contributed by atoms with van der Waals surface area (Å²) in [4.78, 5) is 4.04. The van der Waals surface area contributed by atoms with Gasteiger partial charge in [0.2, 0.25) is 0 Å². The Hall–Kier alpha value is -2.14. The summed E-state index contributed by atoms with van der Waals surface area (Å²) in [5.41, 5.74) is 2.56. The third-order valence-electron chi connectivity index (χ3n) is 3.46.